The summed E-state index contributed by atoms with van der Waals surface area (Å²) in [5.41, 5.74) is 7.75. The molecule has 114 valence electrons. The van der Waals surface area contributed by atoms with E-state index in [0.717, 1.165) is 11.0 Å². The third-order valence-corrected chi connectivity index (χ3v) is 4.35. The van der Waals surface area contributed by atoms with Gasteiger partial charge in [0.25, 0.3) is 0 Å². The SMILES string of the molecule is CCOC(=O)CS(=O)(=O)CCc1nc2ccc(N)cc2[nH]1. The van der Waals surface area contributed by atoms with Gasteiger partial charge in [0.15, 0.2) is 9.84 Å². The van der Waals surface area contributed by atoms with E-state index in [4.69, 9.17) is 5.73 Å². The molecule has 0 bridgehead atoms. The number of rotatable bonds is 6. The number of nitrogens with zero attached hydrogens (tertiary/aromatic N) is 1. The molecule has 0 saturated heterocycles. The third kappa shape index (κ3) is 4.19. The first-order chi connectivity index (χ1) is 9.89. The molecule has 0 aliphatic heterocycles. The number of fused-ring (bicyclic) bond motifs is 1. The summed E-state index contributed by atoms with van der Waals surface area (Å²) in [6.07, 6.45) is 0.205. The van der Waals surface area contributed by atoms with Crippen molar-refractivity contribution >= 4 is 32.5 Å². The van der Waals surface area contributed by atoms with Crippen LogP contribution in [0.4, 0.5) is 5.69 Å². The number of aryl methyl sites for hydroxylation is 1. The summed E-state index contributed by atoms with van der Waals surface area (Å²) in [6, 6.07) is 5.22. The number of nitrogen functional groups attached to an aromatic ring is 1. The minimum atomic E-state index is -3.51. The maximum absolute atomic E-state index is 11.8. The van der Waals surface area contributed by atoms with Crippen LogP contribution in [0, 0.1) is 0 Å². The Morgan fingerprint density at radius 1 is 1.43 bits per heavy atom. The molecule has 0 aliphatic carbocycles. The number of ether oxygens (including phenoxy) is 1. The molecule has 0 aliphatic rings. The Bertz CT molecular complexity index is 752. The number of H-pyrrole nitrogens is 1. The topological polar surface area (TPSA) is 115 Å². The zero-order chi connectivity index (χ0) is 15.5. The van der Waals surface area contributed by atoms with Gasteiger partial charge in [-0.3, -0.25) is 4.79 Å². The number of imidazole rings is 1. The average molecular weight is 311 g/mol. The fourth-order valence-corrected chi connectivity index (χ4v) is 3.00. The lowest BCUT2D eigenvalue weighted by Gasteiger charge is -2.03. The number of nitrogens with one attached hydrogen (secondary N) is 1. The Kier molecular flexibility index (Phi) is 4.46. The zero-order valence-corrected chi connectivity index (χ0v) is 12.4. The highest BCUT2D eigenvalue weighted by Gasteiger charge is 2.18. The summed E-state index contributed by atoms with van der Waals surface area (Å²) in [6.45, 7) is 1.80. The first kappa shape index (κ1) is 15.3. The van der Waals surface area contributed by atoms with Crippen molar-refractivity contribution < 1.29 is 17.9 Å². The zero-order valence-electron chi connectivity index (χ0n) is 11.6. The van der Waals surface area contributed by atoms with Gasteiger partial charge in [0.1, 0.15) is 11.6 Å². The van der Waals surface area contributed by atoms with Crippen molar-refractivity contribution in [3.05, 3.63) is 24.0 Å². The van der Waals surface area contributed by atoms with Gasteiger partial charge >= 0.3 is 5.97 Å². The van der Waals surface area contributed by atoms with Crippen molar-refractivity contribution in [1.82, 2.24) is 9.97 Å². The fraction of sp³-hybridized carbons (Fsp3) is 0.385. The highest BCUT2D eigenvalue weighted by molar-refractivity contribution is 7.92. The molecule has 21 heavy (non-hydrogen) atoms. The summed E-state index contributed by atoms with van der Waals surface area (Å²) < 4.78 is 28.2. The van der Waals surface area contributed by atoms with E-state index >= 15 is 0 Å². The minimum Gasteiger partial charge on any atom is -0.465 e. The third-order valence-electron chi connectivity index (χ3n) is 2.85. The smallest absolute Gasteiger partial charge is 0.321 e. The molecule has 3 N–H and O–H groups in total. The molecule has 0 fully saturated rings. The Morgan fingerprint density at radius 3 is 2.90 bits per heavy atom. The van der Waals surface area contributed by atoms with Crippen molar-refractivity contribution in [2.75, 3.05) is 23.8 Å². The Balaban J connectivity index is 2.02. The number of aromatic amines is 1. The highest BCUT2D eigenvalue weighted by atomic mass is 32.2. The quantitative estimate of drug-likeness (QED) is 0.598. The van der Waals surface area contributed by atoms with Crippen LogP contribution in [0.1, 0.15) is 12.7 Å². The predicted molar refractivity (Wildman–Crippen MR) is 79.5 cm³/mol. The second-order valence-corrected chi connectivity index (χ2v) is 6.79. The fourth-order valence-electron chi connectivity index (χ4n) is 1.91. The molecule has 1 aromatic carbocycles. The summed E-state index contributed by atoms with van der Waals surface area (Å²) in [7, 11) is -3.51. The van der Waals surface area contributed by atoms with Crippen LogP contribution in [-0.4, -0.2) is 42.5 Å². The molecule has 1 aromatic heterocycles. The van der Waals surface area contributed by atoms with Gasteiger partial charge in [-0.05, 0) is 25.1 Å². The van der Waals surface area contributed by atoms with Crippen molar-refractivity contribution in [1.29, 1.82) is 0 Å². The van der Waals surface area contributed by atoms with E-state index in [1.807, 2.05) is 0 Å². The van der Waals surface area contributed by atoms with Crippen molar-refractivity contribution in [2.45, 2.75) is 13.3 Å². The number of carbonyl (C=O) groups excluding carboxylic acids is 1. The van der Waals surface area contributed by atoms with E-state index in [9.17, 15) is 13.2 Å². The molecule has 0 amide bonds. The molecule has 2 rings (SSSR count). The van der Waals surface area contributed by atoms with E-state index in [0.29, 0.717) is 11.5 Å². The van der Waals surface area contributed by atoms with Crippen LogP contribution in [0.5, 0.6) is 0 Å². The number of hydrogen-bond donors (Lipinski definition) is 2. The minimum absolute atomic E-state index is 0.166. The van der Waals surface area contributed by atoms with Crippen LogP contribution in [0.25, 0.3) is 11.0 Å². The number of nitrogens with two attached hydrogens (primary N) is 1. The van der Waals surface area contributed by atoms with Gasteiger partial charge in [-0.1, -0.05) is 0 Å². The number of anilines is 1. The van der Waals surface area contributed by atoms with E-state index < -0.39 is 21.6 Å². The van der Waals surface area contributed by atoms with Gasteiger partial charge in [-0.25, -0.2) is 13.4 Å². The number of sulfone groups is 1. The van der Waals surface area contributed by atoms with Gasteiger partial charge in [-0.2, -0.15) is 0 Å². The highest BCUT2D eigenvalue weighted by Crippen LogP contribution is 2.15. The molecule has 0 spiro atoms. The normalized spacial score (nSPS) is 11.7. The molecule has 7 nitrogen and oxygen atoms in total. The molecule has 0 saturated carbocycles. The number of hydrogen-bond acceptors (Lipinski definition) is 6. The monoisotopic (exact) mass is 311 g/mol. The molecule has 0 radical (unpaired) electrons. The number of aromatic nitrogens is 2. The van der Waals surface area contributed by atoms with Gasteiger partial charge in [0, 0.05) is 12.1 Å². The molecule has 0 atom stereocenters. The van der Waals surface area contributed by atoms with Crippen LogP contribution in [0.2, 0.25) is 0 Å². The lowest BCUT2D eigenvalue weighted by Crippen LogP contribution is -2.22. The van der Waals surface area contributed by atoms with E-state index in [-0.39, 0.29) is 18.8 Å². The van der Waals surface area contributed by atoms with Gasteiger partial charge in [-0.15, -0.1) is 0 Å². The molecule has 1 heterocycles. The van der Waals surface area contributed by atoms with Crippen LogP contribution >= 0.6 is 0 Å². The number of benzene rings is 1. The lowest BCUT2D eigenvalue weighted by atomic mass is 10.3. The number of esters is 1. The van der Waals surface area contributed by atoms with Crippen LogP contribution < -0.4 is 5.73 Å². The number of carbonyl (C=O) groups is 1. The van der Waals surface area contributed by atoms with E-state index in [1.165, 1.54) is 0 Å². The van der Waals surface area contributed by atoms with Gasteiger partial charge in [0.05, 0.1) is 23.4 Å². The predicted octanol–water partition coefficient (Wildman–Crippen LogP) is 0.665. The Hall–Kier alpha value is -2.09. The first-order valence-electron chi connectivity index (χ1n) is 6.50. The van der Waals surface area contributed by atoms with Crippen LogP contribution in [0.15, 0.2) is 18.2 Å². The van der Waals surface area contributed by atoms with E-state index in [1.54, 1.807) is 25.1 Å². The van der Waals surface area contributed by atoms with Gasteiger partial charge < -0.3 is 15.5 Å². The Morgan fingerprint density at radius 2 is 2.19 bits per heavy atom. The average Bonchev–Trinajstić information content (AvgIpc) is 2.78. The molecule has 8 heteroatoms. The Labute approximate surface area is 122 Å². The molecule has 0 unspecified atom stereocenters. The molecular weight excluding hydrogens is 294 g/mol. The first-order valence-corrected chi connectivity index (χ1v) is 8.32. The maximum Gasteiger partial charge on any atom is 0.321 e. The summed E-state index contributed by atoms with van der Waals surface area (Å²) in [5, 5.41) is 0. The largest absolute Gasteiger partial charge is 0.465 e. The second kappa shape index (κ2) is 6.13. The lowest BCUT2D eigenvalue weighted by molar-refractivity contribution is -0.139. The summed E-state index contributed by atoms with van der Waals surface area (Å²) in [5.74, 6) is -0.951. The van der Waals surface area contributed by atoms with Crippen LogP contribution in [0.3, 0.4) is 0 Å². The van der Waals surface area contributed by atoms with Crippen molar-refractivity contribution in [3.8, 4) is 0 Å². The standard InChI is InChI=1S/C13H17N3O4S/c1-2-20-13(17)8-21(18,19)6-5-12-15-10-4-3-9(14)7-11(10)16-12/h3-4,7H,2,5-6,8,14H2,1H3,(H,15,16). The summed E-state index contributed by atoms with van der Waals surface area (Å²) >= 11 is 0. The van der Waals surface area contributed by atoms with Crippen LogP contribution in [-0.2, 0) is 25.8 Å². The second-order valence-electron chi connectivity index (χ2n) is 4.61. The summed E-state index contributed by atoms with van der Waals surface area (Å²) in [4.78, 5) is 18.5. The van der Waals surface area contributed by atoms with Crippen molar-refractivity contribution in [3.63, 3.8) is 0 Å². The van der Waals surface area contributed by atoms with Crippen molar-refractivity contribution in [2.24, 2.45) is 0 Å². The van der Waals surface area contributed by atoms with E-state index in [2.05, 4.69) is 14.7 Å². The maximum atomic E-state index is 11.8. The molecular formula is C13H17N3O4S. The van der Waals surface area contributed by atoms with Gasteiger partial charge in [0.2, 0.25) is 0 Å². The molecule has 2 aromatic rings.